The minimum absolute atomic E-state index is 0.265. The van der Waals surface area contributed by atoms with Gasteiger partial charge in [0.1, 0.15) is 6.26 Å². The maximum atomic E-state index is 5.50. The van der Waals surface area contributed by atoms with Crippen LogP contribution in [0.2, 0.25) is 0 Å². The second kappa shape index (κ2) is 6.20. The predicted octanol–water partition coefficient (Wildman–Crippen LogP) is 1.79. The van der Waals surface area contributed by atoms with Crippen LogP contribution in [0.5, 0.6) is 0 Å². The van der Waals surface area contributed by atoms with E-state index in [1.165, 1.54) is 12.8 Å². The molecule has 0 aliphatic heterocycles. The summed E-state index contributed by atoms with van der Waals surface area (Å²) in [5.41, 5.74) is 0.966. The minimum atomic E-state index is 0.265. The maximum Gasteiger partial charge on any atom is 0.297 e. The van der Waals surface area contributed by atoms with Gasteiger partial charge in [0.2, 0.25) is 0 Å². The normalized spacial score (nSPS) is 15.3. The molecule has 1 N–H and O–H groups in total. The molecule has 18 heavy (non-hydrogen) atoms. The molecule has 2 rings (SSSR count). The summed E-state index contributed by atoms with van der Waals surface area (Å²) >= 11 is 0. The summed E-state index contributed by atoms with van der Waals surface area (Å²) in [4.78, 5) is 6.42. The highest BCUT2D eigenvalue weighted by Gasteiger charge is 2.20. The zero-order valence-corrected chi connectivity index (χ0v) is 11.5. The molecule has 0 spiro atoms. The van der Waals surface area contributed by atoms with E-state index < -0.39 is 0 Å². The number of oxazole rings is 1. The molecular weight excluding hydrogens is 230 g/mol. The van der Waals surface area contributed by atoms with E-state index in [1.54, 1.807) is 6.26 Å². The van der Waals surface area contributed by atoms with Crippen molar-refractivity contribution in [3.8, 4) is 0 Å². The van der Waals surface area contributed by atoms with Gasteiger partial charge in [-0.15, -0.1) is 0 Å². The SMILES string of the molecule is CC(C)OCCN(C)c1nc(CNC2CC2)co1. The molecule has 1 aromatic rings. The van der Waals surface area contributed by atoms with Crippen LogP contribution < -0.4 is 10.2 Å². The standard InChI is InChI=1S/C13H23N3O2/c1-10(2)17-7-6-16(3)13-15-12(9-18-13)8-14-11-4-5-11/h9-11,14H,4-8H2,1-3H3. The molecule has 1 heterocycles. The average Bonchev–Trinajstić information content (AvgIpc) is 3.03. The molecule has 0 amide bonds. The second-order valence-corrected chi connectivity index (χ2v) is 5.12. The highest BCUT2D eigenvalue weighted by molar-refractivity contribution is 5.25. The fourth-order valence-corrected chi connectivity index (χ4v) is 1.61. The van der Waals surface area contributed by atoms with E-state index >= 15 is 0 Å². The van der Waals surface area contributed by atoms with Crippen LogP contribution in [0, 0.1) is 0 Å². The molecule has 1 aliphatic rings. The third-order valence-electron chi connectivity index (χ3n) is 2.89. The number of likely N-dealkylation sites (N-methyl/N-ethyl adjacent to an activating group) is 1. The fourth-order valence-electron chi connectivity index (χ4n) is 1.61. The van der Waals surface area contributed by atoms with Crippen molar-refractivity contribution < 1.29 is 9.15 Å². The van der Waals surface area contributed by atoms with Gasteiger partial charge in [0.15, 0.2) is 0 Å². The second-order valence-electron chi connectivity index (χ2n) is 5.12. The highest BCUT2D eigenvalue weighted by atomic mass is 16.5. The van der Waals surface area contributed by atoms with E-state index in [2.05, 4.69) is 10.3 Å². The van der Waals surface area contributed by atoms with E-state index in [0.29, 0.717) is 18.7 Å². The predicted molar refractivity (Wildman–Crippen MR) is 70.7 cm³/mol. The van der Waals surface area contributed by atoms with Gasteiger partial charge in [0, 0.05) is 26.2 Å². The molecule has 1 aromatic heterocycles. The van der Waals surface area contributed by atoms with Crippen molar-refractivity contribution in [2.45, 2.75) is 45.4 Å². The number of rotatable bonds is 8. The Balaban J connectivity index is 1.73. The highest BCUT2D eigenvalue weighted by Crippen LogP contribution is 2.19. The number of ether oxygens (including phenoxy) is 1. The number of anilines is 1. The van der Waals surface area contributed by atoms with Gasteiger partial charge in [-0.1, -0.05) is 0 Å². The molecule has 0 atom stereocenters. The Morgan fingerprint density at radius 1 is 1.56 bits per heavy atom. The average molecular weight is 253 g/mol. The first-order valence-corrected chi connectivity index (χ1v) is 6.65. The van der Waals surface area contributed by atoms with Crippen LogP contribution in [0.3, 0.4) is 0 Å². The molecule has 1 aliphatic carbocycles. The number of hydrogen-bond donors (Lipinski definition) is 1. The molecular formula is C13H23N3O2. The molecule has 102 valence electrons. The van der Waals surface area contributed by atoms with Gasteiger partial charge >= 0.3 is 0 Å². The third kappa shape index (κ3) is 4.31. The van der Waals surface area contributed by atoms with E-state index in [1.807, 2.05) is 25.8 Å². The Bertz CT molecular complexity index is 361. The number of nitrogens with one attached hydrogen (secondary N) is 1. The monoisotopic (exact) mass is 253 g/mol. The van der Waals surface area contributed by atoms with Gasteiger partial charge in [0.25, 0.3) is 6.01 Å². The summed E-state index contributed by atoms with van der Waals surface area (Å²) in [5, 5.41) is 3.42. The molecule has 0 radical (unpaired) electrons. The van der Waals surface area contributed by atoms with Crippen molar-refractivity contribution >= 4 is 6.01 Å². The summed E-state index contributed by atoms with van der Waals surface area (Å²) in [5.74, 6) is 0. The summed E-state index contributed by atoms with van der Waals surface area (Å²) in [7, 11) is 1.97. The van der Waals surface area contributed by atoms with E-state index in [9.17, 15) is 0 Å². The zero-order chi connectivity index (χ0) is 13.0. The smallest absolute Gasteiger partial charge is 0.297 e. The molecule has 0 aromatic carbocycles. The van der Waals surface area contributed by atoms with Crippen LogP contribution >= 0.6 is 0 Å². The van der Waals surface area contributed by atoms with Crippen LogP contribution in [0.4, 0.5) is 6.01 Å². The van der Waals surface area contributed by atoms with Crippen molar-refractivity contribution in [1.82, 2.24) is 10.3 Å². The lowest BCUT2D eigenvalue weighted by atomic mass is 10.4. The zero-order valence-electron chi connectivity index (χ0n) is 11.5. The topological polar surface area (TPSA) is 50.5 Å². The first-order valence-electron chi connectivity index (χ1n) is 6.65. The molecule has 0 saturated heterocycles. The summed E-state index contributed by atoms with van der Waals surface area (Å²) in [6, 6.07) is 1.36. The van der Waals surface area contributed by atoms with Crippen LogP contribution in [0.15, 0.2) is 10.7 Å². The van der Waals surface area contributed by atoms with E-state index in [0.717, 1.165) is 18.8 Å². The Labute approximate surface area is 109 Å². The van der Waals surface area contributed by atoms with Gasteiger partial charge in [-0.25, -0.2) is 0 Å². The molecule has 5 heteroatoms. The van der Waals surface area contributed by atoms with Gasteiger partial charge in [0.05, 0.1) is 18.4 Å². The molecule has 1 saturated carbocycles. The first kappa shape index (κ1) is 13.4. The maximum absolute atomic E-state index is 5.50. The van der Waals surface area contributed by atoms with Crippen molar-refractivity contribution in [1.29, 1.82) is 0 Å². The largest absolute Gasteiger partial charge is 0.432 e. The Morgan fingerprint density at radius 2 is 2.33 bits per heavy atom. The minimum Gasteiger partial charge on any atom is -0.432 e. The van der Waals surface area contributed by atoms with Crippen molar-refractivity contribution in [2.24, 2.45) is 0 Å². The summed E-state index contributed by atoms with van der Waals surface area (Å²) in [6.07, 6.45) is 4.57. The van der Waals surface area contributed by atoms with Crippen molar-refractivity contribution in [2.75, 3.05) is 25.1 Å². The fraction of sp³-hybridized carbons (Fsp3) is 0.769. The number of nitrogens with zero attached hydrogens (tertiary/aromatic N) is 2. The molecule has 5 nitrogen and oxygen atoms in total. The lowest BCUT2D eigenvalue weighted by Crippen LogP contribution is -2.24. The van der Waals surface area contributed by atoms with Gasteiger partial charge in [-0.3, -0.25) is 0 Å². The Kier molecular flexibility index (Phi) is 4.60. The quantitative estimate of drug-likeness (QED) is 0.765. The number of hydrogen-bond acceptors (Lipinski definition) is 5. The van der Waals surface area contributed by atoms with Gasteiger partial charge < -0.3 is 19.4 Å². The van der Waals surface area contributed by atoms with Gasteiger partial charge in [-0.2, -0.15) is 4.98 Å². The molecule has 1 fully saturated rings. The lowest BCUT2D eigenvalue weighted by Gasteiger charge is -2.15. The van der Waals surface area contributed by atoms with E-state index in [-0.39, 0.29) is 6.10 Å². The first-order chi connectivity index (χ1) is 8.65. The third-order valence-corrected chi connectivity index (χ3v) is 2.89. The Hall–Kier alpha value is -1.07. The summed E-state index contributed by atoms with van der Waals surface area (Å²) in [6.45, 7) is 6.34. The van der Waals surface area contributed by atoms with Crippen LogP contribution in [-0.2, 0) is 11.3 Å². The molecule has 0 bridgehead atoms. The van der Waals surface area contributed by atoms with Gasteiger partial charge in [-0.05, 0) is 26.7 Å². The van der Waals surface area contributed by atoms with E-state index in [4.69, 9.17) is 9.15 Å². The van der Waals surface area contributed by atoms with Crippen LogP contribution in [-0.4, -0.2) is 37.3 Å². The lowest BCUT2D eigenvalue weighted by molar-refractivity contribution is 0.0841. The van der Waals surface area contributed by atoms with Crippen LogP contribution in [0.1, 0.15) is 32.4 Å². The summed E-state index contributed by atoms with van der Waals surface area (Å²) < 4.78 is 11.0. The Morgan fingerprint density at radius 3 is 3.00 bits per heavy atom. The number of aromatic nitrogens is 1. The van der Waals surface area contributed by atoms with Crippen molar-refractivity contribution in [3.05, 3.63) is 12.0 Å². The van der Waals surface area contributed by atoms with Crippen LogP contribution in [0.25, 0.3) is 0 Å². The molecule has 0 unspecified atom stereocenters. The van der Waals surface area contributed by atoms with Crippen molar-refractivity contribution in [3.63, 3.8) is 0 Å².